The van der Waals surface area contributed by atoms with Crippen molar-refractivity contribution in [3.8, 4) is 55.8 Å². The molecule has 0 amide bonds. The Balaban J connectivity index is 1.19. The topological polar surface area (TPSA) is 25.8 Å². The van der Waals surface area contributed by atoms with Crippen LogP contribution < -0.4 is 0 Å². The average molecular weight is 647 g/mol. The van der Waals surface area contributed by atoms with E-state index in [0.717, 1.165) is 27.9 Å². The van der Waals surface area contributed by atoms with Gasteiger partial charge >= 0.3 is 0 Å². The highest BCUT2D eigenvalue weighted by Gasteiger charge is 2.51. The number of hydrogen-bond acceptors (Lipinski definition) is 2. The van der Waals surface area contributed by atoms with Gasteiger partial charge in [0.25, 0.3) is 0 Å². The molecule has 7 aromatic carbocycles. The fourth-order valence-corrected chi connectivity index (χ4v) is 9.03. The lowest BCUT2D eigenvalue weighted by atomic mass is 9.70. The van der Waals surface area contributed by atoms with Crippen LogP contribution in [0.15, 0.2) is 182 Å². The highest BCUT2D eigenvalue weighted by molar-refractivity contribution is 6.14. The summed E-state index contributed by atoms with van der Waals surface area (Å²) in [5.74, 6) is 0. The monoisotopic (exact) mass is 646 g/mol. The molecule has 0 radical (unpaired) electrons. The molecule has 2 nitrogen and oxygen atoms in total. The first-order valence-corrected chi connectivity index (χ1v) is 17.6. The highest BCUT2D eigenvalue weighted by atomic mass is 14.7. The lowest BCUT2D eigenvalue weighted by molar-refractivity contribution is 0.795. The second kappa shape index (κ2) is 10.7. The van der Waals surface area contributed by atoms with Gasteiger partial charge in [0.2, 0.25) is 0 Å². The summed E-state index contributed by atoms with van der Waals surface area (Å²) in [5, 5.41) is 3.57. The van der Waals surface area contributed by atoms with E-state index in [4.69, 9.17) is 4.98 Å². The smallest absolute Gasteiger partial charge is 0.0788 e. The molecule has 2 heterocycles. The zero-order valence-electron chi connectivity index (χ0n) is 27.7. The summed E-state index contributed by atoms with van der Waals surface area (Å²) in [6, 6.07) is 62.3. The summed E-state index contributed by atoms with van der Waals surface area (Å²) >= 11 is 0. The molecule has 2 heteroatoms. The first-order valence-electron chi connectivity index (χ1n) is 17.6. The van der Waals surface area contributed by atoms with Crippen LogP contribution in [0.1, 0.15) is 22.3 Å². The van der Waals surface area contributed by atoms with Crippen LogP contribution in [0.5, 0.6) is 0 Å². The third kappa shape index (κ3) is 3.93. The van der Waals surface area contributed by atoms with Crippen molar-refractivity contribution in [1.29, 1.82) is 0 Å². The molecule has 0 saturated carbocycles. The number of nitrogens with zero attached hydrogens (tertiary/aromatic N) is 2. The van der Waals surface area contributed by atoms with Crippen LogP contribution >= 0.6 is 0 Å². The number of benzene rings is 7. The SMILES string of the molecule is c1cc(-c2ccncc2)cc(-c2cccc(-c3nc4ccccc4c4cc5c(cc34)C3(c4ccccc4-c4ccccc43)c3ccccc3-5)c2)c1. The molecule has 0 aliphatic heterocycles. The number of hydrogen-bond donors (Lipinski definition) is 0. The van der Waals surface area contributed by atoms with Gasteiger partial charge in [-0.25, -0.2) is 4.98 Å². The molecule has 51 heavy (non-hydrogen) atoms. The molecule has 0 unspecified atom stereocenters. The molecule has 11 rings (SSSR count). The van der Waals surface area contributed by atoms with Gasteiger partial charge in [-0.3, -0.25) is 4.98 Å². The number of para-hydroxylation sites is 1. The quantitative estimate of drug-likeness (QED) is 0.179. The second-order valence-electron chi connectivity index (χ2n) is 13.7. The largest absolute Gasteiger partial charge is 0.265 e. The minimum absolute atomic E-state index is 0.411. The van der Waals surface area contributed by atoms with Gasteiger partial charge in [0.1, 0.15) is 0 Å². The van der Waals surface area contributed by atoms with Gasteiger partial charge in [-0.05, 0) is 115 Å². The van der Waals surface area contributed by atoms with Gasteiger partial charge in [0.15, 0.2) is 0 Å². The summed E-state index contributed by atoms with van der Waals surface area (Å²) in [4.78, 5) is 9.66. The molecule has 1 spiro atoms. The molecule has 0 bridgehead atoms. The van der Waals surface area contributed by atoms with Crippen LogP contribution in [0.25, 0.3) is 77.4 Å². The predicted molar refractivity (Wildman–Crippen MR) is 210 cm³/mol. The van der Waals surface area contributed by atoms with E-state index >= 15 is 0 Å². The molecule has 2 aromatic heterocycles. The first-order chi connectivity index (χ1) is 25.3. The van der Waals surface area contributed by atoms with E-state index in [1.54, 1.807) is 0 Å². The van der Waals surface area contributed by atoms with Crippen molar-refractivity contribution in [2.24, 2.45) is 0 Å². The first kappa shape index (κ1) is 28.2. The van der Waals surface area contributed by atoms with Gasteiger partial charge < -0.3 is 0 Å². The Morgan fingerprint density at radius 2 is 0.863 bits per heavy atom. The molecule has 9 aromatic rings. The molecule has 0 atom stereocenters. The van der Waals surface area contributed by atoms with E-state index in [1.807, 2.05) is 12.4 Å². The van der Waals surface area contributed by atoms with Gasteiger partial charge in [-0.1, -0.05) is 127 Å². The average Bonchev–Trinajstić information content (AvgIpc) is 3.67. The van der Waals surface area contributed by atoms with Crippen molar-refractivity contribution in [3.63, 3.8) is 0 Å². The fourth-order valence-electron chi connectivity index (χ4n) is 9.03. The van der Waals surface area contributed by atoms with E-state index in [0.29, 0.717) is 0 Å². The molecule has 0 saturated heterocycles. The minimum atomic E-state index is -0.411. The van der Waals surface area contributed by atoms with Crippen molar-refractivity contribution >= 4 is 21.7 Å². The minimum Gasteiger partial charge on any atom is -0.265 e. The van der Waals surface area contributed by atoms with Crippen molar-refractivity contribution in [2.75, 3.05) is 0 Å². The molecule has 2 aliphatic carbocycles. The Labute approximate surface area is 296 Å². The van der Waals surface area contributed by atoms with E-state index < -0.39 is 5.41 Å². The third-order valence-electron chi connectivity index (χ3n) is 11.2. The molecule has 0 fully saturated rings. The Hall–Kier alpha value is -6.64. The summed E-state index contributed by atoms with van der Waals surface area (Å²) in [7, 11) is 0. The van der Waals surface area contributed by atoms with Crippen molar-refractivity contribution in [1.82, 2.24) is 9.97 Å². The predicted octanol–water partition coefficient (Wildman–Crippen LogP) is 12.1. The molecule has 236 valence electrons. The standard InChI is InChI=1S/C49H30N2/c1-5-19-43-36(15-1)37-16-2-6-20-44(37)49(43)45-21-7-3-17-38(45)41-29-40-39-18-4-8-22-47(39)51-48(42(40)30-46(41)49)35-14-10-13-34(28-35)33-12-9-11-32(27-33)31-23-25-50-26-24-31/h1-30H. The fraction of sp³-hybridized carbons (Fsp3) is 0.0204. The number of pyridine rings is 2. The van der Waals surface area contributed by atoms with Crippen LogP contribution in [0.4, 0.5) is 0 Å². The van der Waals surface area contributed by atoms with Gasteiger partial charge in [-0.2, -0.15) is 0 Å². The lowest BCUT2D eigenvalue weighted by Gasteiger charge is -2.30. The Morgan fingerprint density at radius 1 is 0.333 bits per heavy atom. The van der Waals surface area contributed by atoms with E-state index in [-0.39, 0.29) is 0 Å². The summed E-state index contributed by atoms with van der Waals surface area (Å²) in [5.41, 5.74) is 18.0. The number of rotatable bonds is 3. The molecular formula is C49H30N2. The summed E-state index contributed by atoms with van der Waals surface area (Å²) < 4.78 is 0. The van der Waals surface area contributed by atoms with Gasteiger partial charge in [-0.15, -0.1) is 0 Å². The molecule has 2 aliphatic rings. The Kier molecular flexibility index (Phi) is 5.91. The van der Waals surface area contributed by atoms with Crippen molar-refractivity contribution in [3.05, 3.63) is 205 Å². The van der Waals surface area contributed by atoms with Crippen molar-refractivity contribution in [2.45, 2.75) is 5.41 Å². The summed E-state index contributed by atoms with van der Waals surface area (Å²) in [6.45, 7) is 0. The molecule has 0 N–H and O–H groups in total. The van der Waals surface area contributed by atoms with Crippen LogP contribution in [-0.2, 0) is 5.41 Å². The second-order valence-corrected chi connectivity index (χ2v) is 13.7. The maximum atomic E-state index is 5.44. The highest BCUT2D eigenvalue weighted by Crippen LogP contribution is 2.63. The van der Waals surface area contributed by atoms with Gasteiger partial charge in [0, 0.05) is 28.7 Å². The number of fused-ring (bicyclic) bond motifs is 13. The Morgan fingerprint density at radius 3 is 1.53 bits per heavy atom. The maximum Gasteiger partial charge on any atom is 0.0788 e. The summed E-state index contributed by atoms with van der Waals surface area (Å²) in [6.07, 6.45) is 3.70. The zero-order valence-corrected chi connectivity index (χ0v) is 27.7. The van der Waals surface area contributed by atoms with E-state index in [2.05, 4.69) is 175 Å². The Bertz CT molecular complexity index is 2820. The lowest BCUT2D eigenvalue weighted by Crippen LogP contribution is -2.25. The van der Waals surface area contributed by atoms with E-state index in [9.17, 15) is 0 Å². The third-order valence-corrected chi connectivity index (χ3v) is 11.2. The van der Waals surface area contributed by atoms with E-state index in [1.165, 1.54) is 71.8 Å². The van der Waals surface area contributed by atoms with Crippen LogP contribution in [-0.4, -0.2) is 9.97 Å². The molecular weight excluding hydrogens is 617 g/mol. The van der Waals surface area contributed by atoms with Crippen LogP contribution in [0.2, 0.25) is 0 Å². The maximum absolute atomic E-state index is 5.44. The normalized spacial score (nSPS) is 13.3. The zero-order chi connectivity index (χ0) is 33.5. The van der Waals surface area contributed by atoms with Crippen molar-refractivity contribution < 1.29 is 0 Å². The van der Waals surface area contributed by atoms with Crippen LogP contribution in [0, 0.1) is 0 Å². The number of aromatic nitrogens is 2. The van der Waals surface area contributed by atoms with Gasteiger partial charge in [0.05, 0.1) is 16.6 Å². The van der Waals surface area contributed by atoms with Crippen LogP contribution in [0.3, 0.4) is 0 Å².